The van der Waals surface area contributed by atoms with Gasteiger partial charge in [-0.15, -0.1) is 11.3 Å². The van der Waals surface area contributed by atoms with Crippen molar-refractivity contribution in [1.82, 2.24) is 9.88 Å². The van der Waals surface area contributed by atoms with Crippen molar-refractivity contribution in [3.63, 3.8) is 0 Å². The van der Waals surface area contributed by atoms with E-state index in [0.717, 1.165) is 21.6 Å². The van der Waals surface area contributed by atoms with Gasteiger partial charge in [-0.1, -0.05) is 0 Å². The summed E-state index contributed by atoms with van der Waals surface area (Å²) in [4.78, 5) is 31.4. The van der Waals surface area contributed by atoms with Crippen LogP contribution in [0.4, 0.5) is 9.80 Å². The summed E-state index contributed by atoms with van der Waals surface area (Å²) < 4.78 is 10.6. The molecule has 1 aliphatic heterocycles. The fourth-order valence-corrected chi connectivity index (χ4v) is 4.69. The van der Waals surface area contributed by atoms with Gasteiger partial charge in [-0.2, -0.15) is 5.26 Å². The average molecular weight is 449 g/mol. The Labute approximate surface area is 188 Å². The molecule has 0 radical (unpaired) electrons. The number of anilines is 1. The first kappa shape index (κ1) is 21.3. The van der Waals surface area contributed by atoms with Crippen molar-refractivity contribution in [3.05, 3.63) is 76.3 Å². The zero-order valence-electron chi connectivity index (χ0n) is 17.1. The van der Waals surface area contributed by atoms with E-state index in [4.69, 9.17) is 9.15 Å². The lowest BCUT2D eigenvalue weighted by atomic mass is 10.0. The molecule has 8 nitrogen and oxygen atoms in total. The highest BCUT2D eigenvalue weighted by atomic mass is 32.1. The van der Waals surface area contributed by atoms with Crippen LogP contribution in [0.3, 0.4) is 0 Å². The van der Waals surface area contributed by atoms with Crippen molar-refractivity contribution in [1.29, 1.82) is 5.26 Å². The summed E-state index contributed by atoms with van der Waals surface area (Å²) in [5, 5.41) is 12.8. The van der Waals surface area contributed by atoms with E-state index in [-0.39, 0.29) is 18.9 Å². The normalized spacial score (nSPS) is 12.9. The second-order valence-corrected chi connectivity index (χ2v) is 8.17. The number of rotatable bonds is 6. The molecular weight excluding hydrogens is 428 g/mol. The molecule has 0 saturated heterocycles. The van der Waals surface area contributed by atoms with Gasteiger partial charge in [0.25, 0.3) is 0 Å². The molecule has 3 aromatic heterocycles. The molecular formula is C23H20N4O4S. The van der Waals surface area contributed by atoms with Crippen LogP contribution in [-0.4, -0.2) is 28.4 Å². The largest absolute Gasteiger partial charge is 0.465 e. The third kappa shape index (κ3) is 5.04. The van der Waals surface area contributed by atoms with Crippen LogP contribution in [0.15, 0.2) is 53.4 Å². The maximum Gasteiger partial charge on any atom is 0.410 e. The monoisotopic (exact) mass is 448 g/mol. The van der Waals surface area contributed by atoms with Gasteiger partial charge in [-0.25, -0.2) is 4.79 Å². The summed E-state index contributed by atoms with van der Waals surface area (Å²) in [5.74, 6) is 0.261. The number of nitriles is 1. The standard InChI is InChI=1S/C23H20N4O4S/c24-9-5-19-18-8-12-27(23(29)31-15-16-6-10-25-11-7-16)14-20(18)32-22(19)26-21(28)4-3-17-2-1-13-30-17/h1-4,6-7,10-11,13H,5,8,12,14-15H2,(H,26,28). The predicted octanol–water partition coefficient (Wildman–Crippen LogP) is 4.15. The van der Waals surface area contributed by atoms with Crippen molar-refractivity contribution in [2.24, 2.45) is 0 Å². The molecule has 0 fully saturated rings. The summed E-state index contributed by atoms with van der Waals surface area (Å²) in [5.41, 5.74) is 2.71. The highest BCUT2D eigenvalue weighted by Gasteiger charge is 2.28. The molecule has 0 atom stereocenters. The first-order chi connectivity index (χ1) is 15.6. The van der Waals surface area contributed by atoms with Crippen LogP contribution in [0, 0.1) is 11.3 Å². The minimum Gasteiger partial charge on any atom is -0.465 e. The molecule has 0 aliphatic carbocycles. The molecule has 9 heteroatoms. The van der Waals surface area contributed by atoms with Crippen molar-refractivity contribution < 1.29 is 18.7 Å². The Hall–Kier alpha value is -3.90. The summed E-state index contributed by atoms with van der Waals surface area (Å²) in [6, 6.07) is 9.25. The number of carbonyl (C=O) groups is 2. The Bertz CT molecular complexity index is 1160. The average Bonchev–Trinajstić information content (AvgIpc) is 3.45. The number of thiophene rings is 1. The number of carbonyl (C=O) groups excluding carboxylic acids is 2. The third-order valence-electron chi connectivity index (χ3n) is 4.97. The van der Waals surface area contributed by atoms with Crippen LogP contribution < -0.4 is 5.32 Å². The Morgan fingerprint density at radius 2 is 2.19 bits per heavy atom. The molecule has 4 heterocycles. The van der Waals surface area contributed by atoms with Crippen molar-refractivity contribution in [2.75, 3.05) is 11.9 Å². The Balaban J connectivity index is 1.43. The molecule has 0 bridgehead atoms. The van der Waals surface area contributed by atoms with Crippen LogP contribution in [-0.2, 0) is 35.5 Å². The van der Waals surface area contributed by atoms with Gasteiger partial charge >= 0.3 is 6.09 Å². The van der Waals surface area contributed by atoms with E-state index in [1.54, 1.807) is 47.6 Å². The molecule has 1 aliphatic rings. The number of aromatic nitrogens is 1. The summed E-state index contributed by atoms with van der Waals surface area (Å²) >= 11 is 1.39. The molecule has 32 heavy (non-hydrogen) atoms. The summed E-state index contributed by atoms with van der Waals surface area (Å²) in [6.45, 7) is 1.05. The second kappa shape index (κ2) is 9.94. The fraction of sp³-hybridized carbons (Fsp3) is 0.217. The minimum atomic E-state index is -0.394. The molecule has 3 aromatic rings. The van der Waals surface area contributed by atoms with E-state index in [2.05, 4.69) is 16.4 Å². The van der Waals surface area contributed by atoms with Crippen molar-refractivity contribution >= 4 is 34.4 Å². The topological polar surface area (TPSA) is 108 Å². The van der Waals surface area contributed by atoms with Gasteiger partial charge in [0.1, 0.15) is 17.4 Å². The number of pyridine rings is 1. The van der Waals surface area contributed by atoms with Crippen LogP contribution in [0.25, 0.3) is 6.08 Å². The lowest BCUT2D eigenvalue weighted by Gasteiger charge is -2.26. The molecule has 0 saturated carbocycles. The van der Waals surface area contributed by atoms with Gasteiger partial charge in [0, 0.05) is 35.5 Å². The molecule has 0 unspecified atom stereocenters. The number of nitrogens with zero attached hydrogens (tertiary/aromatic N) is 3. The first-order valence-corrected chi connectivity index (χ1v) is 10.8. The molecule has 4 rings (SSSR count). The molecule has 0 aromatic carbocycles. The second-order valence-electron chi connectivity index (χ2n) is 7.07. The quantitative estimate of drug-likeness (QED) is 0.568. The Morgan fingerprint density at radius 1 is 1.34 bits per heavy atom. The predicted molar refractivity (Wildman–Crippen MR) is 119 cm³/mol. The van der Waals surface area contributed by atoms with Crippen molar-refractivity contribution in [2.45, 2.75) is 26.0 Å². The number of nitrogens with one attached hydrogen (secondary N) is 1. The third-order valence-corrected chi connectivity index (χ3v) is 6.15. The van der Waals surface area contributed by atoms with Gasteiger partial charge in [0.05, 0.1) is 25.3 Å². The number of amides is 2. The maximum atomic E-state index is 12.5. The number of hydrogen-bond donors (Lipinski definition) is 1. The van der Waals surface area contributed by atoms with Gasteiger partial charge < -0.3 is 19.4 Å². The van der Waals surface area contributed by atoms with E-state index in [1.807, 2.05) is 0 Å². The molecule has 162 valence electrons. The van der Waals surface area contributed by atoms with Gasteiger partial charge in [-0.3, -0.25) is 9.78 Å². The van der Waals surface area contributed by atoms with Gasteiger partial charge in [-0.05, 0) is 47.9 Å². The first-order valence-electron chi connectivity index (χ1n) is 9.97. The van der Waals surface area contributed by atoms with E-state index in [1.165, 1.54) is 23.7 Å². The fourth-order valence-electron chi connectivity index (χ4n) is 3.40. The van der Waals surface area contributed by atoms with Gasteiger partial charge in [0.2, 0.25) is 5.91 Å². The van der Waals surface area contributed by atoms with Crippen LogP contribution in [0.1, 0.15) is 27.3 Å². The van der Waals surface area contributed by atoms with E-state index < -0.39 is 6.09 Å². The Morgan fingerprint density at radius 3 is 2.94 bits per heavy atom. The number of furan rings is 1. The Kier molecular flexibility index (Phi) is 6.63. The van der Waals surface area contributed by atoms with Crippen molar-refractivity contribution in [3.8, 4) is 6.07 Å². The number of hydrogen-bond acceptors (Lipinski definition) is 7. The van der Waals surface area contributed by atoms with Crippen LogP contribution in [0.5, 0.6) is 0 Å². The zero-order valence-corrected chi connectivity index (χ0v) is 17.9. The number of fused-ring (bicyclic) bond motifs is 1. The van der Waals surface area contributed by atoms with E-state index in [0.29, 0.717) is 30.3 Å². The van der Waals surface area contributed by atoms with Crippen LogP contribution >= 0.6 is 11.3 Å². The van der Waals surface area contributed by atoms with Crippen LogP contribution in [0.2, 0.25) is 0 Å². The van der Waals surface area contributed by atoms with Gasteiger partial charge in [0.15, 0.2) is 0 Å². The highest BCUT2D eigenvalue weighted by Crippen LogP contribution is 2.37. The van der Waals surface area contributed by atoms with E-state index >= 15 is 0 Å². The lowest BCUT2D eigenvalue weighted by Crippen LogP contribution is -2.35. The summed E-state index contributed by atoms with van der Waals surface area (Å²) in [6.07, 6.45) is 8.19. The number of ether oxygens (including phenoxy) is 1. The van der Waals surface area contributed by atoms with E-state index in [9.17, 15) is 14.9 Å². The zero-order chi connectivity index (χ0) is 22.3. The molecule has 0 spiro atoms. The minimum absolute atomic E-state index is 0.179. The molecule has 2 amide bonds. The lowest BCUT2D eigenvalue weighted by molar-refractivity contribution is -0.111. The maximum absolute atomic E-state index is 12.5. The SMILES string of the molecule is N#CCc1c(NC(=O)C=Cc2ccco2)sc2c1CCN(C(=O)OCc1ccncc1)C2. The summed E-state index contributed by atoms with van der Waals surface area (Å²) in [7, 11) is 0. The highest BCUT2D eigenvalue weighted by molar-refractivity contribution is 7.16. The smallest absolute Gasteiger partial charge is 0.410 e. The molecule has 1 N–H and O–H groups in total.